The van der Waals surface area contributed by atoms with E-state index in [1.165, 1.54) is 4.90 Å². The van der Waals surface area contributed by atoms with Gasteiger partial charge in [0.05, 0.1) is 6.54 Å². The average Bonchev–Trinajstić information content (AvgIpc) is 2.63. The van der Waals surface area contributed by atoms with Gasteiger partial charge in [-0.25, -0.2) is 0 Å². The molecule has 0 bridgehead atoms. The van der Waals surface area contributed by atoms with Crippen molar-refractivity contribution in [3.8, 4) is 0 Å². The summed E-state index contributed by atoms with van der Waals surface area (Å²) in [5.41, 5.74) is 4.40. The molecule has 0 unspecified atom stereocenters. The number of amides is 2. The first-order valence-electron chi connectivity index (χ1n) is 8.98. The highest BCUT2D eigenvalue weighted by Crippen LogP contribution is 2.19. The number of likely N-dealkylation sites (N-methyl/N-ethyl adjacent to an activating group) is 1. The van der Waals surface area contributed by atoms with E-state index >= 15 is 0 Å². The number of benzene rings is 2. The summed E-state index contributed by atoms with van der Waals surface area (Å²) >= 11 is 0. The van der Waals surface area contributed by atoms with Gasteiger partial charge in [0.25, 0.3) is 0 Å². The van der Waals surface area contributed by atoms with Gasteiger partial charge in [-0.3, -0.25) is 14.4 Å². The summed E-state index contributed by atoms with van der Waals surface area (Å²) in [5.74, 6) is -0.558. The van der Waals surface area contributed by atoms with Crippen LogP contribution in [0.5, 0.6) is 0 Å². The minimum Gasteiger partial charge on any atom is -0.336 e. The molecular weight excluding hydrogens is 340 g/mol. The van der Waals surface area contributed by atoms with Gasteiger partial charge in [-0.05, 0) is 31.9 Å². The molecule has 0 heterocycles. The molecule has 2 aromatic carbocycles. The van der Waals surface area contributed by atoms with Crippen LogP contribution in [0.15, 0.2) is 42.5 Å². The molecule has 0 radical (unpaired) electrons. The number of ketones is 1. The first-order valence-corrected chi connectivity index (χ1v) is 8.98. The predicted molar refractivity (Wildman–Crippen MR) is 107 cm³/mol. The third-order valence-corrected chi connectivity index (χ3v) is 4.49. The molecule has 0 saturated carbocycles. The number of hydrogen-bond acceptors (Lipinski definition) is 3. The molecule has 5 nitrogen and oxygen atoms in total. The van der Waals surface area contributed by atoms with Gasteiger partial charge in [0.15, 0.2) is 5.78 Å². The number of nitrogens with one attached hydrogen (secondary N) is 1. The first-order chi connectivity index (χ1) is 12.8. The highest BCUT2D eigenvalue weighted by Gasteiger charge is 2.16. The first kappa shape index (κ1) is 20.4. The van der Waals surface area contributed by atoms with E-state index < -0.39 is 0 Å². The molecule has 0 aromatic heterocycles. The summed E-state index contributed by atoms with van der Waals surface area (Å²) in [7, 11) is 1.57. The van der Waals surface area contributed by atoms with E-state index in [-0.39, 0.29) is 37.0 Å². The molecule has 2 aromatic rings. The van der Waals surface area contributed by atoms with Crippen molar-refractivity contribution in [2.75, 3.05) is 18.9 Å². The molecule has 0 atom stereocenters. The van der Waals surface area contributed by atoms with Crippen molar-refractivity contribution in [3.63, 3.8) is 0 Å². The lowest BCUT2D eigenvalue weighted by atomic mass is 10.0. The number of rotatable bonds is 7. The number of nitrogens with zero attached hydrogens (tertiary/aromatic N) is 1. The normalized spacial score (nSPS) is 10.4. The van der Waals surface area contributed by atoms with Crippen LogP contribution in [0.2, 0.25) is 0 Å². The topological polar surface area (TPSA) is 66.5 Å². The fourth-order valence-corrected chi connectivity index (χ4v) is 2.79. The van der Waals surface area contributed by atoms with Crippen molar-refractivity contribution < 1.29 is 14.4 Å². The molecule has 0 fully saturated rings. The van der Waals surface area contributed by atoms with Crippen LogP contribution in [0, 0.1) is 20.8 Å². The van der Waals surface area contributed by atoms with Crippen molar-refractivity contribution in [3.05, 3.63) is 64.7 Å². The van der Waals surface area contributed by atoms with Crippen molar-refractivity contribution in [2.24, 2.45) is 0 Å². The summed E-state index contributed by atoms with van der Waals surface area (Å²) in [5, 5.41) is 2.86. The maximum absolute atomic E-state index is 12.3. The number of carbonyl (C=O) groups excluding carboxylic acids is 3. The van der Waals surface area contributed by atoms with E-state index in [0.29, 0.717) is 5.56 Å². The number of anilines is 1. The fourth-order valence-electron chi connectivity index (χ4n) is 2.79. The zero-order valence-electron chi connectivity index (χ0n) is 16.3. The summed E-state index contributed by atoms with van der Waals surface area (Å²) in [4.78, 5) is 38.0. The van der Waals surface area contributed by atoms with Gasteiger partial charge < -0.3 is 10.2 Å². The molecule has 2 rings (SSSR count). The number of aryl methyl sites for hydroxylation is 3. The summed E-state index contributed by atoms with van der Waals surface area (Å²) in [6, 6.07) is 13.1. The molecular formula is C22H26N2O3. The third-order valence-electron chi connectivity index (χ3n) is 4.49. The van der Waals surface area contributed by atoms with Crippen molar-refractivity contribution in [1.29, 1.82) is 0 Å². The lowest BCUT2D eigenvalue weighted by molar-refractivity contribution is -0.133. The van der Waals surface area contributed by atoms with Crippen molar-refractivity contribution in [1.82, 2.24) is 4.90 Å². The minimum atomic E-state index is -0.256. The van der Waals surface area contributed by atoms with E-state index in [9.17, 15) is 14.4 Å². The lowest BCUT2D eigenvalue weighted by Gasteiger charge is -2.18. The van der Waals surface area contributed by atoms with Gasteiger partial charge in [-0.1, -0.05) is 48.0 Å². The van der Waals surface area contributed by atoms with E-state index in [0.717, 1.165) is 22.4 Å². The molecule has 27 heavy (non-hydrogen) atoms. The Bertz CT molecular complexity index is 821. The number of hydrogen-bond donors (Lipinski definition) is 1. The van der Waals surface area contributed by atoms with Gasteiger partial charge in [0.1, 0.15) is 0 Å². The Balaban J connectivity index is 1.85. The van der Waals surface area contributed by atoms with Crippen LogP contribution in [-0.4, -0.2) is 36.1 Å². The van der Waals surface area contributed by atoms with E-state index in [4.69, 9.17) is 0 Å². The van der Waals surface area contributed by atoms with Crippen LogP contribution in [0.3, 0.4) is 0 Å². The monoisotopic (exact) mass is 366 g/mol. The molecule has 0 saturated heterocycles. The zero-order chi connectivity index (χ0) is 20.0. The van der Waals surface area contributed by atoms with Crippen molar-refractivity contribution >= 4 is 23.3 Å². The quantitative estimate of drug-likeness (QED) is 0.760. The van der Waals surface area contributed by atoms with Gasteiger partial charge in [0, 0.05) is 31.1 Å². The summed E-state index contributed by atoms with van der Waals surface area (Å²) in [6.07, 6.45) is 0.213. The lowest BCUT2D eigenvalue weighted by Crippen LogP contribution is -2.35. The van der Waals surface area contributed by atoms with Crippen molar-refractivity contribution in [2.45, 2.75) is 33.6 Å². The molecule has 5 heteroatoms. The molecule has 2 amide bonds. The Morgan fingerprint density at radius 1 is 0.889 bits per heavy atom. The second-order valence-electron chi connectivity index (χ2n) is 6.85. The standard InChI is InChI=1S/C22H26N2O3/c1-15-8-10-18(11-9-15)19(25)12-13-21(27)24(4)14-20(26)23-22-16(2)6-5-7-17(22)3/h5-11H,12-14H2,1-4H3,(H,23,26). The maximum atomic E-state index is 12.3. The zero-order valence-corrected chi connectivity index (χ0v) is 16.3. The van der Waals surface area contributed by atoms with Gasteiger partial charge in [-0.15, -0.1) is 0 Å². The minimum absolute atomic E-state index is 0.0503. The van der Waals surface area contributed by atoms with E-state index in [1.807, 2.05) is 51.1 Å². The average molecular weight is 366 g/mol. The molecule has 142 valence electrons. The molecule has 0 aliphatic rings. The summed E-state index contributed by atoms with van der Waals surface area (Å²) < 4.78 is 0. The number of carbonyl (C=O) groups is 3. The Morgan fingerprint density at radius 2 is 1.48 bits per heavy atom. The SMILES string of the molecule is Cc1ccc(C(=O)CCC(=O)N(C)CC(=O)Nc2c(C)cccc2C)cc1. The van der Waals surface area contributed by atoms with Gasteiger partial charge in [-0.2, -0.15) is 0 Å². The fraction of sp³-hybridized carbons (Fsp3) is 0.318. The molecule has 1 N–H and O–H groups in total. The Morgan fingerprint density at radius 3 is 2.07 bits per heavy atom. The van der Waals surface area contributed by atoms with Crippen LogP contribution < -0.4 is 5.32 Å². The largest absolute Gasteiger partial charge is 0.336 e. The molecule has 0 aliphatic carbocycles. The van der Waals surface area contributed by atoms with E-state index in [2.05, 4.69) is 5.32 Å². The van der Waals surface area contributed by atoms with E-state index in [1.54, 1.807) is 19.2 Å². The molecule has 0 spiro atoms. The summed E-state index contributed by atoms with van der Waals surface area (Å²) in [6.45, 7) is 5.75. The Labute approximate surface area is 160 Å². The highest BCUT2D eigenvalue weighted by molar-refractivity contribution is 5.99. The van der Waals surface area contributed by atoms with Crippen LogP contribution in [0.1, 0.15) is 39.9 Å². The van der Waals surface area contributed by atoms with Crippen LogP contribution in [0.25, 0.3) is 0 Å². The predicted octanol–water partition coefficient (Wildman–Crippen LogP) is 3.67. The molecule has 0 aliphatic heterocycles. The third kappa shape index (κ3) is 5.78. The Kier molecular flexibility index (Phi) is 6.88. The smallest absolute Gasteiger partial charge is 0.243 e. The maximum Gasteiger partial charge on any atom is 0.243 e. The van der Waals surface area contributed by atoms with Crippen LogP contribution in [0.4, 0.5) is 5.69 Å². The van der Waals surface area contributed by atoms with Gasteiger partial charge >= 0.3 is 0 Å². The second-order valence-corrected chi connectivity index (χ2v) is 6.85. The number of para-hydroxylation sites is 1. The second kappa shape index (κ2) is 9.12. The number of Topliss-reactive ketones (excluding diaryl/α,β-unsaturated/α-hetero) is 1. The Hall–Kier alpha value is -2.95. The van der Waals surface area contributed by atoms with Crippen LogP contribution >= 0.6 is 0 Å². The van der Waals surface area contributed by atoms with Gasteiger partial charge in [0.2, 0.25) is 11.8 Å². The van der Waals surface area contributed by atoms with Crippen LogP contribution in [-0.2, 0) is 9.59 Å². The highest BCUT2D eigenvalue weighted by atomic mass is 16.2.